The lowest BCUT2D eigenvalue weighted by atomic mass is 10.1. The van der Waals surface area contributed by atoms with Crippen molar-refractivity contribution in [1.29, 1.82) is 0 Å². The largest absolute Gasteiger partial charge is 0.0829 e. The molecular formula is C11H15I. The Hall–Kier alpha value is -0.0500. The van der Waals surface area contributed by atoms with Crippen LogP contribution in [-0.2, 0) is 6.42 Å². The third-order valence-electron chi connectivity index (χ3n) is 1.95. The molecule has 0 saturated carbocycles. The number of hydrogen-bond acceptors (Lipinski definition) is 0. The van der Waals surface area contributed by atoms with Crippen LogP contribution in [0.4, 0.5) is 0 Å². The summed E-state index contributed by atoms with van der Waals surface area (Å²) in [5.41, 5.74) is 2.81. The summed E-state index contributed by atoms with van der Waals surface area (Å²) in [6, 6.07) is 8.84. The molecule has 0 fully saturated rings. The molecule has 0 bridgehead atoms. The zero-order valence-corrected chi connectivity index (χ0v) is 9.84. The molecule has 0 radical (unpaired) electrons. The number of benzene rings is 1. The number of alkyl halides is 1. The summed E-state index contributed by atoms with van der Waals surface area (Å²) in [5, 5.41) is 0. The predicted octanol–water partition coefficient (Wildman–Crippen LogP) is 3.75. The van der Waals surface area contributed by atoms with Crippen LogP contribution in [0.2, 0.25) is 0 Å². The summed E-state index contributed by atoms with van der Waals surface area (Å²) in [5.74, 6) is 0. The van der Waals surface area contributed by atoms with Crippen LogP contribution in [0, 0.1) is 6.92 Å². The van der Waals surface area contributed by atoms with Gasteiger partial charge in [-0.1, -0.05) is 59.3 Å². The zero-order valence-electron chi connectivity index (χ0n) is 7.68. The minimum absolute atomic E-state index is 0.781. The highest BCUT2D eigenvalue weighted by atomic mass is 127. The van der Waals surface area contributed by atoms with Crippen molar-refractivity contribution in [2.24, 2.45) is 0 Å². The van der Waals surface area contributed by atoms with Crippen molar-refractivity contribution in [2.75, 3.05) is 0 Å². The number of hydrogen-bond donors (Lipinski definition) is 0. The Bertz CT molecular complexity index is 223. The molecule has 0 saturated heterocycles. The second kappa shape index (κ2) is 4.85. The van der Waals surface area contributed by atoms with Crippen molar-refractivity contribution in [3.8, 4) is 0 Å². The van der Waals surface area contributed by atoms with Gasteiger partial charge in [0.2, 0.25) is 0 Å². The van der Waals surface area contributed by atoms with Crippen LogP contribution in [0.25, 0.3) is 0 Å². The van der Waals surface area contributed by atoms with Crippen LogP contribution in [0.15, 0.2) is 24.3 Å². The summed E-state index contributed by atoms with van der Waals surface area (Å²) < 4.78 is 0.781. The topological polar surface area (TPSA) is 0 Å². The van der Waals surface area contributed by atoms with Gasteiger partial charge in [0.25, 0.3) is 0 Å². The fourth-order valence-corrected chi connectivity index (χ4v) is 1.43. The molecule has 1 aromatic rings. The highest BCUT2D eigenvalue weighted by Crippen LogP contribution is 2.11. The van der Waals surface area contributed by atoms with Crippen molar-refractivity contribution in [3.05, 3.63) is 35.4 Å². The monoisotopic (exact) mass is 274 g/mol. The van der Waals surface area contributed by atoms with Gasteiger partial charge in [-0.2, -0.15) is 0 Å². The Balaban J connectivity index is 2.48. The maximum absolute atomic E-state index is 2.48. The minimum atomic E-state index is 0.781. The van der Waals surface area contributed by atoms with Crippen LogP contribution in [-0.4, -0.2) is 3.92 Å². The van der Waals surface area contributed by atoms with Crippen LogP contribution < -0.4 is 0 Å². The lowest BCUT2D eigenvalue weighted by Crippen LogP contribution is -1.93. The highest BCUT2D eigenvalue weighted by Gasteiger charge is 1.96. The predicted molar refractivity (Wildman–Crippen MR) is 63.0 cm³/mol. The van der Waals surface area contributed by atoms with E-state index in [9.17, 15) is 0 Å². The maximum Gasteiger partial charge on any atom is 0.00844 e. The molecule has 1 aromatic carbocycles. The lowest BCUT2D eigenvalue weighted by Gasteiger charge is -2.03. The normalized spacial score (nSPS) is 12.9. The second-order valence-electron chi connectivity index (χ2n) is 3.31. The first-order valence-electron chi connectivity index (χ1n) is 4.38. The lowest BCUT2D eigenvalue weighted by molar-refractivity contribution is 0.833. The van der Waals surface area contributed by atoms with Crippen molar-refractivity contribution in [1.82, 2.24) is 0 Å². The molecule has 0 aliphatic rings. The van der Waals surface area contributed by atoms with E-state index in [1.54, 1.807) is 0 Å². The Morgan fingerprint density at radius 2 is 1.83 bits per heavy atom. The zero-order chi connectivity index (χ0) is 8.97. The van der Waals surface area contributed by atoms with Crippen molar-refractivity contribution < 1.29 is 0 Å². The molecular weight excluding hydrogens is 259 g/mol. The molecule has 1 unspecified atom stereocenters. The van der Waals surface area contributed by atoms with Crippen LogP contribution in [0.5, 0.6) is 0 Å². The first kappa shape index (κ1) is 10.0. The fraction of sp³-hybridized carbons (Fsp3) is 0.455. The van der Waals surface area contributed by atoms with E-state index >= 15 is 0 Å². The van der Waals surface area contributed by atoms with Gasteiger partial charge >= 0.3 is 0 Å². The number of rotatable bonds is 3. The van der Waals surface area contributed by atoms with Gasteiger partial charge in [0, 0.05) is 3.92 Å². The van der Waals surface area contributed by atoms with E-state index in [2.05, 4.69) is 60.7 Å². The Morgan fingerprint density at radius 3 is 2.33 bits per heavy atom. The molecule has 1 atom stereocenters. The average Bonchev–Trinajstić information content (AvgIpc) is 2.03. The molecule has 0 aliphatic carbocycles. The van der Waals surface area contributed by atoms with Crippen molar-refractivity contribution in [2.45, 2.75) is 30.6 Å². The fourth-order valence-electron chi connectivity index (χ4n) is 1.12. The summed E-state index contributed by atoms with van der Waals surface area (Å²) >= 11 is 2.48. The highest BCUT2D eigenvalue weighted by molar-refractivity contribution is 14.1. The Labute approximate surface area is 88.5 Å². The van der Waals surface area contributed by atoms with E-state index in [-0.39, 0.29) is 0 Å². The number of aryl methyl sites for hydroxylation is 2. The van der Waals surface area contributed by atoms with E-state index in [0.717, 1.165) is 3.92 Å². The molecule has 66 valence electrons. The maximum atomic E-state index is 2.48. The molecule has 1 heteroatoms. The van der Waals surface area contributed by atoms with E-state index in [1.807, 2.05) is 0 Å². The van der Waals surface area contributed by atoms with E-state index in [1.165, 1.54) is 24.0 Å². The standard InChI is InChI=1S/C11H15I/c1-9-3-6-11(7-4-9)8-5-10(2)12/h3-4,6-7,10H,5,8H2,1-2H3. The van der Waals surface area contributed by atoms with Gasteiger partial charge in [-0.3, -0.25) is 0 Å². The third kappa shape index (κ3) is 3.57. The molecule has 0 heterocycles. The molecule has 0 aromatic heterocycles. The SMILES string of the molecule is Cc1ccc(CCC(C)I)cc1. The quantitative estimate of drug-likeness (QED) is 0.581. The summed E-state index contributed by atoms with van der Waals surface area (Å²) in [4.78, 5) is 0. The Morgan fingerprint density at radius 1 is 1.25 bits per heavy atom. The van der Waals surface area contributed by atoms with Crippen LogP contribution in [0.1, 0.15) is 24.5 Å². The van der Waals surface area contributed by atoms with Gasteiger partial charge < -0.3 is 0 Å². The molecule has 0 spiro atoms. The summed E-state index contributed by atoms with van der Waals surface area (Å²) in [6.45, 7) is 4.39. The second-order valence-corrected chi connectivity index (χ2v) is 5.43. The smallest absolute Gasteiger partial charge is 0.00844 e. The first-order valence-corrected chi connectivity index (χ1v) is 5.62. The first-order chi connectivity index (χ1) is 5.68. The number of halogens is 1. The van der Waals surface area contributed by atoms with Gasteiger partial charge in [-0.25, -0.2) is 0 Å². The molecule has 0 nitrogen and oxygen atoms in total. The van der Waals surface area contributed by atoms with Gasteiger partial charge in [-0.05, 0) is 25.3 Å². The van der Waals surface area contributed by atoms with Gasteiger partial charge in [0.1, 0.15) is 0 Å². The van der Waals surface area contributed by atoms with E-state index in [4.69, 9.17) is 0 Å². The van der Waals surface area contributed by atoms with Gasteiger partial charge in [0.15, 0.2) is 0 Å². The molecule has 0 N–H and O–H groups in total. The minimum Gasteiger partial charge on any atom is -0.0829 e. The van der Waals surface area contributed by atoms with Crippen molar-refractivity contribution >= 4 is 22.6 Å². The Kier molecular flexibility index (Phi) is 4.06. The van der Waals surface area contributed by atoms with E-state index < -0.39 is 0 Å². The van der Waals surface area contributed by atoms with E-state index in [0.29, 0.717) is 0 Å². The van der Waals surface area contributed by atoms with Crippen molar-refractivity contribution in [3.63, 3.8) is 0 Å². The molecule has 12 heavy (non-hydrogen) atoms. The van der Waals surface area contributed by atoms with Crippen LogP contribution in [0.3, 0.4) is 0 Å². The van der Waals surface area contributed by atoms with Gasteiger partial charge in [0.05, 0.1) is 0 Å². The van der Waals surface area contributed by atoms with Gasteiger partial charge in [-0.15, -0.1) is 0 Å². The average molecular weight is 274 g/mol. The molecule has 0 amide bonds. The summed E-state index contributed by atoms with van der Waals surface area (Å²) in [7, 11) is 0. The third-order valence-corrected chi connectivity index (χ3v) is 2.57. The molecule has 0 aliphatic heterocycles. The summed E-state index contributed by atoms with van der Waals surface area (Å²) in [6.07, 6.45) is 2.49. The molecule has 1 rings (SSSR count). The van der Waals surface area contributed by atoms with Crippen LogP contribution >= 0.6 is 22.6 Å².